The van der Waals surface area contributed by atoms with E-state index >= 15 is 0 Å². The molecule has 0 radical (unpaired) electrons. The van der Waals surface area contributed by atoms with Crippen molar-refractivity contribution in [2.75, 3.05) is 20.2 Å². The first-order valence-electron chi connectivity index (χ1n) is 8.85. The van der Waals surface area contributed by atoms with Crippen molar-refractivity contribution in [1.82, 2.24) is 9.62 Å². The van der Waals surface area contributed by atoms with E-state index in [4.69, 9.17) is 4.74 Å². The van der Waals surface area contributed by atoms with Gasteiger partial charge in [0.05, 0.1) is 12.0 Å². The van der Waals surface area contributed by atoms with Gasteiger partial charge in [0.15, 0.2) is 0 Å². The first-order chi connectivity index (χ1) is 12.8. The van der Waals surface area contributed by atoms with Crippen molar-refractivity contribution in [1.29, 1.82) is 0 Å². The Hall–Kier alpha value is -2.38. The van der Waals surface area contributed by atoms with Crippen LogP contribution in [0.1, 0.15) is 35.3 Å². The fraction of sp³-hybridized carbons (Fsp3) is 0.350. The fourth-order valence-electron chi connectivity index (χ4n) is 2.79. The van der Waals surface area contributed by atoms with Gasteiger partial charge in [-0.1, -0.05) is 32.0 Å². The molecule has 0 aromatic heterocycles. The number of amides is 1. The molecule has 1 N–H and O–H groups in total. The highest BCUT2D eigenvalue weighted by Gasteiger charge is 2.24. The second kappa shape index (κ2) is 9.01. The third kappa shape index (κ3) is 4.87. The van der Waals surface area contributed by atoms with Gasteiger partial charge in [0, 0.05) is 25.2 Å². The van der Waals surface area contributed by atoms with Crippen molar-refractivity contribution in [3.63, 3.8) is 0 Å². The van der Waals surface area contributed by atoms with Crippen LogP contribution in [0, 0.1) is 6.92 Å². The zero-order valence-corrected chi connectivity index (χ0v) is 17.0. The van der Waals surface area contributed by atoms with E-state index in [0.29, 0.717) is 36.5 Å². The Morgan fingerprint density at radius 2 is 1.81 bits per heavy atom. The number of nitrogens with zero attached hydrogens (tertiary/aromatic N) is 1. The highest BCUT2D eigenvalue weighted by molar-refractivity contribution is 7.89. The van der Waals surface area contributed by atoms with Gasteiger partial charge in [0.25, 0.3) is 5.91 Å². The lowest BCUT2D eigenvalue weighted by Crippen LogP contribution is -2.31. The molecule has 146 valence electrons. The number of benzene rings is 2. The maximum Gasteiger partial charge on any atom is 0.251 e. The Morgan fingerprint density at radius 3 is 2.44 bits per heavy atom. The normalized spacial score (nSPS) is 11.4. The van der Waals surface area contributed by atoms with Crippen LogP contribution < -0.4 is 10.1 Å². The minimum Gasteiger partial charge on any atom is -0.497 e. The Balaban J connectivity index is 2.22. The molecule has 2 rings (SSSR count). The van der Waals surface area contributed by atoms with Crippen molar-refractivity contribution in [3.8, 4) is 5.75 Å². The molecule has 0 heterocycles. The van der Waals surface area contributed by atoms with Gasteiger partial charge in [-0.05, 0) is 42.3 Å². The Bertz CT molecular complexity index is 906. The Kier molecular flexibility index (Phi) is 6.98. The molecule has 0 aliphatic heterocycles. The zero-order valence-electron chi connectivity index (χ0n) is 16.2. The first-order valence-corrected chi connectivity index (χ1v) is 10.3. The third-order valence-electron chi connectivity index (χ3n) is 4.36. The van der Waals surface area contributed by atoms with E-state index in [2.05, 4.69) is 5.32 Å². The molecular formula is C20H26N2O4S. The number of hydrogen-bond acceptors (Lipinski definition) is 4. The predicted molar refractivity (Wildman–Crippen MR) is 105 cm³/mol. The monoisotopic (exact) mass is 390 g/mol. The summed E-state index contributed by atoms with van der Waals surface area (Å²) in [4.78, 5) is 12.7. The number of carbonyl (C=O) groups is 1. The highest BCUT2D eigenvalue weighted by Crippen LogP contribution is 2.21. The van der Waals surface area contributed by atoms with Gasteiger partial charge >= 0.3 is 0 Å². The smallest absolute Gasteiger partial charge is 0.251 e. The largest absolute Gasteiger partial charge is 0.497 e. The van der Waals surface area contributed by atoms with Crippen molar-refractivity contribution < 1.29 is 17.9 Å². The summed E-state index contributed by atoms with van der Waals surface area (Å²) >= 11 is 0. The van der Waals surface area contributed by atoms with Crippen molar-refractivity contribution in [3.05, 3.63) is 59.2 Å². The van der Waals surface area contributed by atoms with Crippen LogP contribution in [0.3, 0.4) is 0 Å². The quantitative estimate of drug-likeness (QED) is 0.752. The molecule has 0 bridgehead atoms. The van der Waals surface area contributed by atoms with Gasteiger partial charge in [0.2, 0.25) is 10.0 Å². The molecule has 0 unspecified atom stereocenters. The standard InChI is InChI=1S/C20H26N2O4S/c1-5-22(6-2)27(24,25)19-13-17(11-10-15(19)3)20(23)21-14-16-8-7-9-18(12-16)26-4/h7-13H,5-6,14H2,1-4H3,(H,21,23). The summed E-state index contributed by atoms with van der Waals surface area (Å²) in [6.45, 7) is 6.40. The molecule has 27 heavy (non-hydrogen) atoms. The van der Waals surface area contributed by atoms with E-state index in [9.17, 15) is 13.2 Å². The van der Waals surface area contributed by atoms with Crippen LogP contribution in [0.25, 0.3) is 0 Å². The maximum absolute atomic E-state index is 12.8. The maximum atomic E-state index is 12.8. The lowest BCUT2D eigenvalue weighted by Gasteiger charge is -2.20. The molecule has 0 saturated heterocycles. The zero-order chi connectivity index (χ0) is 20.0. The molecular weight excluding hydrogens is 364 g/mol. The van der Waals surface area contributed by atoms with Crippen LogP contribution in [0.2, 0.25) is 0 Å². The van der Waals surface area contributed by atoms with E-state index in [1.165, 1.54) is 10.4 Å². The molecule has 7 heteroatoms. The lowest BCUT2D eigenvalue weighted by atomic mass is 10.1. The molecule has 6 nitrogen and oxygen atoms in total. The SMILES string of the molecule is CCN(CC)S(=O)(=O)c1cc(C(=O)NCc2cccc(OC)c2)ccc1C. The van der Waals surface area contributed by atoms with E-state index in [-0.39, 0.29) is 10.8 Å². The molecule has 0 fully saturated rings. The topological polar surface area (TPSA) is 75.7 Å². The predicted octanol–water partition coefficient (Wildman–Crippen LogP) is 2.96. The second-order valence-corrected chi connectivity index (χ2v) is 8.01. The van der Waals surface area contributed by atoms with Crippen LogP contribution in [-0.2, 0) is 16.6 Å². The van der Waals surface area contributed by atoms with E-state index in [1.54, 1.807) is 40.0 Å². The van der Waals surface area contributed by atoms with Gasteiger partial charge in [-0.15, -0.1) is 0 Å². The highest BCUT2D eigenvalue weighted by atomic mass is 32.2. The number of nitrogens with one attached hydrogen (secondary N) is 1. The molecule has 1 amide bonds. The summed E-state index contributed by atoms with van der Waals surface area (Å²) in [5.74, 6) is 0.388. The molecule has 0 aliphatic carbocycles. The van der Waals surface area contributed by atoms with Gasteiger partial charge in [0.1, 0.15) is 5.75 Å². The number of sulfonamides is 1. The molecule has 0 spiro atoms. The van der Waals surface area contributed by atoms with E-state index in [1.807, 2.05) is 24.3 Å². The Labute approximate surface area is 161 Å². The number of rotatable bonds is 8. The summed E-state index contributed by atoms with van der Waals surface area (Å²) in [5, 5.41) is 2.82. The van der Waals surface area contributed by atoms with Crippen LogP contribution in [0.4, 0.5) is 0 Å². The van der Waals surface area contributed by atoms with Crippen LogP contribution in [-0.4, -0.2) is 38.8 Å². The molecule has 0 aliphatic rings. The average molecular weight is 391 g/mol. The van der Waals surface area contributed by atoms with Crippen LogP contribution >= 0.6 is 0 Å². The van der Waals surface area contributed by atoms with Gasteiger partial charge in [-0.3, -0.25) is 4.79 Å². The fourth-order valence-corrected chi connectivity index (χ4v) is 4.50. The van der Waals surface area contributed by atoms with Gasteiger partial charge in [-0.25, -0.2) is 8.42 Å². The molecule has 2 aromatic rings. The number of aryl methyl sites for hydroxylation is 1. The number of hydrogen-bond donors (Lipinski definition) is 1. The summed E-state index contributed by atoms with van der Waals surface area (Å²) in [5.41, 5.74) is 1.83. The van der Waals surface area contributed by atoms with Crippen molar-refractivity contribution in [2.45, 2.75) is 32.2 Å². The summed E-state index contributed by atoms with van der Waals surface area (Å²) in [6.07, 6.45) is 0. The Morgan fingerprint density at radius 1 is 1.11 bits per heavy atom. The number of methoxy groups -OCH3 is 1. The van der Waals surface area contributed by atoms with Crippen LogP contribution in [0.5, 0.6) is 5.75 Å². The molecule has 0 saturated carbocycles. The second-order valence-electron chi connectivity index (χ2n) is 6.10. The third-order valence-corrected chi connectivity index (χ3v) is 6.55. The lowest BCUT2D eigenvalue weighted by molar-refractivity contribution is 0.0950. The minimum absolute atomic E-state index is 0.167. The summed E-state index contributed by atoms with van der Waals surface area (Å²) in [6, 6.07) is 12.1. The summed E-state index contributed by atoms with van der Waals surface area (Å²) < 4.78 is 32.2. The van der Waals surface area contributed by atoms with E-state index < -0.39 is 10.0 Å². The van der Waals surface area contributed by atoms with Crippen molar-refractivity contribution >= 4 is 15.9 Å². The number of carbonyl (C=O) groups excluding carboxylic acids is 1. The van der Waals surface area contributed by atoms with Crippen LogP contribution in [0.15, 0.2) is 47.4 Å². The van der Waals surface area contributed by atoms with Gasteiger partial charge in [-0.2, -0.15) is 4.31 Å². The first kappa shape index (κ1) is 20.9. The summed E-state index contributed by atoms with van der Waals surface area (Å²) in [7, 11) is -2.04. The number of ether oxygens (including phenoxy) is 1. The molecule has 0 atom stereocenters. The van der Waals surface area contributed by atoms with Gasteiger partial charge < -0.3 is 10.1 Å². The molecule has 2 aromatic carbocycles. The average Bonchev–Trinajstić information content (AvgIpc) is 2.67. The van der Waals surface area contributed by atoms with E-state index in [0.717, 1.165) is 5.56 Å². The van der Waals surface area contributed by atoms with Crippen molar-refractivity contribution in [2.24, 2.45) is 0 Å². The minimum atomic E-state index is -3.63.